The maximum absolute atomic E-state index is 8.49. The average molecular weight is 192 g/mol. The molecule has 0 bridgehead atoms. The summed E-state index contributed by atoms with van der Waals surface area (Å²) in [6.07, 6.45) is 1.97. The van der Waals surface area contributed by atoms with E-state index >= 15 is 0 Å². The van der Waals surface area contributed by atoms with Crippen LogP contribution in [-0.4, -0.2) is 28.3 Å². The number of rotatable bonds is 4. The SMILES string of the molecule is CC(C)n1ccc(CN(C)CC#N)n1. The first-order chi connectivity index (χ1) is 6.63. The molecule has 1 aromatic heterocycles. The van der Waals surface area contributed by atoms with Gasteiger partial charge in [-0.05, 0) is 27.0 Å². The van der Waals surface area contributed by atoms with Gasteiger partial charge in [-0.15, -0.1) is 0 Å². The van der Waals surface area contributed by atoms with Gasteiger partial charge in [0, 0.05) is 18.8 Å². The van der Waals surface area contributed by atoms with Crippen molar-refractivity contribution >= 4 is 0 Å². The second-order valence-electron chi connectivity index (χ2n) is 3.71. The highest BCUT2D eigenvalue weighted by atomic mass is 15.3. The third kappa shape index (κ3) is 2.86. The van der Waals surface area contributed by atoms with Gasteiger partial charge in [0.15, 0.2) is 0 Å². The molecular formula is C10H16N4. The zero-order valence-electron chi connectivity index (χ0n) is 8.94. The van der Waals surface area contributed by atoms with Gasteiger partial charge in [0.05, 0.1) is 18.3 Å². The fourth-order valence-electron chi connectivity index (χ4n) is 1.20. The normalized spacial score (nSPS) is 10.9. The van der Waals surface area contributed by atoms with Gasteiger partial charge in [0.2, 0.25) is 0 Å². The Labute approximate surface area is 84.7 Å². The summed E-state index contributed by atoms with van der Waals surface area (Å²) in [4.78, 5) is 1.94. The van der Waals surface area contributed by atoms with Crippen LogP contribution >= 0.6 is 0 Å². The van der Waals surface area contributed by atoms with E-state index in [1.807, 2.05) is 28.9 Å². The van der Waals surface area contributed by atoms with Gasteiger partial charge in [0.25, 0.3) is 0 Å². The van der Waals surface area contributed by atoms with Crippen LogP contribution in [-0.2, 0) is 6.54 Å². The summed E-state index contributed by atoms with van der Waals surface area (Å²) in [5, 5.41) is 12.9. The topological polar surface area (TPSA) is 44.9 Å². The minimum absolute atomic E-state index is 0.394. The minimum Gasteiger partial charge on any atom is -0.288 e. The number of hydrogen-bond donors (Lipinski definition) is 0. The van der Waals surface area contributed by atoms with E-state index in [-0.39, 0.29) is 0 Å². The first kappa shape index (κ1) is 10.7. The van der Waals surface area contributed by atoms with Crippen LogP contribution in [0.3, 0.4) is 0 Å². The summed E-state index contributed by atoms with van der Waals surface area (Å²) in [5.41, 5.74) is 1.01. The van der Waals surface area contributed by atoms with Crippen molar-refractivity contribution in [2.24, 2.45) is 0 Å². The molecule has 0 aromatic carbocycles. The molecule has 0 aliphatic heterocycles. The highest BCUT2D eigenvalue weighted by Gasteiger charge is 2.04. The summed E-state index contributed by atoms with van der Waals surface area (Å²) >= 11 is 0. The molecule has 0 aliphatic carbocycles. The van der Waals surface area contributed by atoms with E-state index in [1.54, 1.807) is 0 Å². The molecule has 0 saturated heterocycles. The lowest BCUT2D eigenvalue weighted by atomic mass is 10.4. The van der Waals surface area contributed by atoms with Crippen LogP contribution in [0.2, 0.25) is 0 Å². The van der Waals surface area contributed by atoms with E-state index in [9.17, 15) is 0 Å². The second-order valence-corrected chi connectivity index (χ2v) is 3.71. The van der Waals surface area contributed by atoms with E-state index in [0.717, 1.165) is 12.2 Å². The van der Waals surface area contributed by atoms with Gasteiger partial charge in [-0.3, -0.25) is 9.58 Å². The van der Waals surface area contributed by atoms with Crippen LogP contribution in [0.5, 0.6) is 0 Å². The van der Waals surface area contributed by atoms with Crippen molar-refractivity contribution in [1.29, 1.82) is 5.26 Å². The quantitative estimate of drug-likeness (QED) is 0.678. The number of nitrogens with zero attached hydrogens (tertiary/aromatic N) is 4. The van der Waals surface area contributed by atoms with Crippen LogP contribution in [0.15, 0.2) is 12.3 Å². The van der Waals surface area contributed by atoms with E-state index < -0.39 is 0 Å². The summed E-state index contributed by atoms with van der Waals surface area (Å²) in [6.45, 7) is 5.35. The lowest BCUT2D eigenvalue weighted by molar-refractivity contribution is 0.359. The zero-order chi connectivity index (χ0) is 10.6. The summed E-state index contributed by atoms with van der Waals surface area (Å²) in [7, 11) is 1.91. The Morgan fingerprint density at radius 1 is 1.64 bits per heavy atom. The van der Waals surface area contributed by atoms with E-state index in [2.05, 4.69) is 25.0 Å². The lowest BCUT2D eigenvalue weighted by Gasteiger charge is -2.10. The molecule has 0 spiro atoms. The maximum Gasteiger partial charge on any atom is 0.0866 e. The molecule has 0 amide bonds. The Bertz CT molecular complexity index is 321. The van der Waals surface area contributed by atoms with Crippen molar-refractivity contribution in [3.8, 4) is 6.07 Å². The van der Waals surface area contributed by atoms with Crippen LogP contribution in [0.4, 0.5) is 0 Å². The molecule has 0 atom stereocenters. The minimum atomic E-state index is 0.394. The molecule has 0 fully saturated rings. The Hall–Kier alpha value is -1.34. The van der Waals surface area contributed by atoms with Gasteiger partial charge in [-0.25, -0.2) is 0 Å². The third-order valence-electron chi connectivity index (χ3n) is 1.97. The molecule has 1 rings (SSSR count). The predicted molar refractivity (Wildman–Crippen MR) is 54.6 cm³/mol. The summed E-state index contributed by atoms with van der Waals surface area (Å²) in [5.74, 6) is 0. The standard InChI is InChI=1S/C10H16N4/c1-9(2)14-6-4-10(12-14)8-13(3)7-5-11/h4,6,9H,7-8H2,1-3H3. The van der Waals surface area contributed by atoms with Gasteiger partial charge < -0.3 is 0 Å². The Kier molecular flexibility index (Phi) is 3.66. The third-order valence-corrected chi connectivity index (χ3v) is 1.97. The number of aromatic nitrogens is 2. The van der Waals surface area contributed by atoms with E-state index in [1.165, 1.54) is 0 Å². The van der Waals surface area contributed by atoms with Crippen molar-refractivity contribution in [2.45, 2.75) is 26.4 Å². The van der Waals surface area contributed by atoms with Crippen molar-refractivity contribution in [3.05, 3.63) is 18.0 Å². The van der Waals surface area contributed by atoms with Crippen molar-refractivity contribution < 1.29 is 0 Å². The molecule has 4 nitrogen and oxygen atoms in total. The first-order valence-electron chi connectivity index (χ1n) is 4.73. The molecule has 0 unspecified atom stereocenters. The second kappa shape index (κ2) is 4.77. The molecule has 4 heteroatoms. The van der Waals surface area contributed by atoms with E-state index in [4.69, 9.17) is 5.26 Å². The van der Waals surface area contributed by atoms with Crippen LogP contribution in [0, 0.1) is 11.3 Å². The molecular weight excluding hydrogens is 176 g/mol. The van der Waals surface area contributed by atoms with Crippen LogP contribution in [0.1, 0.15) is 25.6 Å². The molecule has 0 saturated carbocycles. The molecule has 0 radical (unpaired) electrons. The van der Waals surface area contributed by atoms with Gasteiger partial charge in [-0.1, -0.05) is 0 Å². The van der Waals surface area contributed by atoms with Gasteiger partial charge in [-0.2, -0.15) is 10.4 Å². The van der Waals surface area contributed by atoms with Crippen molar-refractivity contribution in [3.63, 3.8) is 0 Å². The highest BCUT2D eigenvalue weighted by Crippen LogP contribution is 2.05. The van der Waals surface area contributed by atoms with Gasteiger partial charge >= 0.3 is 0 Å². The Morgan fingerprint density at radius 2 is 2.36 bits per heavy atom. The number of hydrogen-bond acceptors (Lipinski definition) is 3. The van der Waals surface area contributed by atoms with Gasteiger partial charge in [0.1, 0.15) is 0 Å². The smallest absolute Gasteiger partial charge is 0.0866 e. The summed E-state index contributed by atoms with van der Waals surface area (Å²) in [6, 6.07) is 4.50. The van der Waals surface area contributed by atoms with Crippen molar-refractivity contribution in [2.75, 3.05) is 13.6 Å². The molecule has 1 heterocycles. The molecule has 0 N–H and O–H groups in total. The average Bonchev–Trinajstić information content (AvgIpc) is 2.53. The Morgan fingerprint density at radius 3 is 2.86 bits per heavy atom. The number of nitriles is 1. The fourth-order valence-corrected chi connectivity index (χ4v) is 1.20. The first-order valence-corrected chi connectivity index (χ1v) is 4.73. The maximum atomic E-state index is 8.49. The van der Waals surface area contributed by atoms with E-state index in [0.29, 0.717) is 12.6 Å². The summed E-state index contributed by atoms with van der Waals surface area (Å²) < 4.78 is 1.93. The van der Waals surface area contributed by atoms with Crippen molar-refractivity contribution in [1.82, 2.24) is 14.7 Å². The largest absolute Gasteiger partial charge is 0.288 e. The van der Waals surface area contributed by atoms with Crippen LogP contribution < -0.4 is 0 Å². The molecule has 76 valence electrons. The molecule has 1 aromatic rings. The zero-order valence-corrected chi connectivity index (χ0v) is 8.94. The molecule has 14 heavy (non-hydrogen) atoms. The van der Waals surface area contributed by atoms with Crippen LogP contribution in [0.25, 0.3) is 0 Å². The highest BCUT2D eigenvalue weighted by molar-refractivity contribution is 4.99. The monoisotopic (exact) mass is 192 g/mol. The molecule has 0 aliphatic rings. The Balaban J connectivity index is 2.56. The predicted octanol–water partition coefficient (Wildman–Crippen LogP) is 1.42. The fraction of sp³-hybridized carbons (Fsp3) is 0.600. The lowest BCUT2D eigenvalue weighted by Crippen LogP contribution is -2.18.